The van der Waals surface area contributed by atoms with Gasteiger partial charge in [0.05, 0.1) is 24.2 Å². The van der Waals surface area contributed by atoms with E-state index in [0.717, 1.165) is 16.8 Å². The van der Waals surface area contributed by atoms with Gasteiger partial charge in [-0.15, -0.1) is 0 Å². The second kappa shape index (κ2) is 8.18. The largest absolute Gasteiger partial charge is 0.491 e. The normalized spacial score (nSPS) is 14.7. The van der Waals surface area contributed by atoms with Crippen LogP contribution in [0.3, 0.4) is 0 Å². The van der Waals surface area contributed by atoms with Crippen LogP contribution in [-0.4, -0.2) is 42.0 Å². The molecule has 7 nitrogen and oxygen atoms in total. The van der Waals surface area contributed by atoms with E-state index < -0.39 is 0 Å². The van der Waals surface area contributed by atoms with Gasteiger partial charge in [0.2, 0.25) is 0 Å². The van der Waals surface area contributed by atoms with Crippen LogP contribution >= 0.6 is 0 Å². The van der Waals surface area contributed by atoms with E-state index in [4.69, 9.17) is 4.74 Å². The summed E-state index contributed by atoms with van der Waals surface area (Å²) in [6.45, 7) is 0.891. The molecule has 0 saturated carbocycles. The molecule has 0 saturated heterocycles. The lowest BCUT2D eigenvalue weighted by atomic mass is 9.90. The highest BCUT2D eigenvalue weighted by Gasteiger charge is 2.31. The number of rotatable bonds is 6. The lowest BCUT2D eigenvalue weighted by molar-refractivity contribution is 0.0954. The molecule has 0 unspecified atom stereocenters. The van der Waals surface area contributed by atoms with Gasteiger partial charge >= 0.3 is 0 Å². The number of carbonyl (C=O) groups is 2. The third-order valence-electron chi connectivity index (χ3n) is 5.04. The zero-order chi connectivity index (χ0) is 20.2. The first-order valence-electron chi connectivity index (χ1n) is 9.51. The zero-order valence-corrected chi connectivity index (χ0v) is 16.1. The minimum atomic E-state index is -0.277. The first kappa shape index (κ1) is 18.7. The predicted octanol–water partition coefficient (Wildman–Crippen LogP) is 2.27. The standard InChI is InChI=1S/C22H22N4O3/c1-23-22(28)18-10-15(21(27)25-8-7-16-11-24-13-26-16)9-17-19(12-29-20(17)18)14-5-3-2-4-6-14/h2-6,9-11,13,19H,7-8,12H2,1H3,(H,23,28)(H,24,26)(H,25,27)/t19-/m1/s1. The van der Waals surface area contributed by atoms with E-state index in [1.54, 1.807) is 25.6 Å². The number of nitrogens with one attached hydrogen (secondary N) is 3. The highest BCUT2D eigenvalue weighted by molar-refractivity contribution is 6.02. The van der Waals surface area contributed by atoms with Gasteiger partial charge in [-0.1, -0.05) is 30.3 Å². The third kappa shape index (κ3) is 3.85. The van der Waals surface area contributed by atoms with Crippen LogP contribution in [0, 0.1) is 0 Å². The van der Waals surface area contributed by atoms with Gasteiger partial charge in [0.25, 0.3) is 11.8 Å². The Hall–Kier alpha value is -3.61. The van der Waals surface area contributed by atoms with Crippen LogP contribution in [-0.2, 0) is 6.42 Å². The van der Waals surface area contributed by atoms with Crippen molar-refractivity contribution in [1.29, 1.82) is 0 Å². The van der Waals surface area contributed by atoms with Crippen LogP contribution in [0.1, 0.15) is 43.5 Å². The van der Waals surface area contributed by atoms with Crippen LogP contribution in [0.2, 0.25) is 0 Å². The summed E-state index contributed by atoms with van der Waals surface area (Å²) in [6.07, 6.45) is 4.03. The molecule has 7 heteroatoms. The summed E-state index contributed by atoms with van der Waals surface area (Å²) in [6, 6.07) is 13.4. The topological polar surface area (TPSA) is 96.1 Å². The highest BCUT2D eigenvalue weighted by Crippen LogP contribution is 2.41. The summed E-state index contributed by atoms with van der Waals surface area (Å²) in [4.78, 5) is 32.2. The Bertz CT molecular complexity index is 1020. The molecular weight excluding hydrogens is 368 g/mol. The Morgan fingerprint density at radius 3 is 2.76 bits per heavy atom. The molecule has 1 atom stereocenters. The number of hydrogen-bond acceptors (Lipinski definition) is 4. The van der Waals surface area contributed by atoms with Crippen LogP contribution in [0.5, 0.6) is 5.75 Å². The fourth-order valence-electron chi connectivity index (χ4n) is 3.56. The van der Waals surface area contributed by atoms with Crippen LogP contribution in [0.4, 0.5) is 0 Å². The molecule has 0 fully saturated rings. The summed E-state index contributed by atoms with van der Waals surface area (Å²) in [5.41, 5.74) is 3.64. The van der Waals surface area contributed by atoms with Crippen LogP contribution in [0.25, 0.3) is 0 Å². The average molecular weight is 390 g/mol. The second-order valence-corrected chi connectivity index (χ2v) is 6.86. The minimum absolute atomic E-state index is 0.0218. The first-order valence-corrected chi connectivity index (χ1v) is 9.51. The first-order chi connectivity index (χ1) is 14.2. The van der Waals surface area contributed by atoms with Crippen molar-refractivity contribution in [2.45, 2.75) is 12.3 Å². The Kier molecular flexibility index (Phi) is 5.29. The van der Waals surface area contributed by atoms with Crippen molar-refractivity contribution in [1.82, 2.24) is 20.6 Å². The summed E-state index contributed by atoms with van der Waals surface area (Å²) < 4.78 is 5.88. The molecule has 2 amide bonds. The van der Waals surface area contributed by atoms with E-state index >= 15 is 0 Å². The average Bonchev–Trinajstić information content (AvgIpc) is 3.42. The maximum atomic E-state index is 12.8. The van der Waals surface area contributed by atoms with Crippen molar-refractivity contribution in [2.24, 2.45) is 0 Å². The van der Waals surface area contributed by atoms with E-state index in [-0.39, 0.29) is 17.7 Å². The number of aromatic nitrogens is 2. The Balaban J connectivity index is 1.62. The minimum Gasteiger partial charge on any atom is -0.491 e. The maximum absolute atomic E-state index is 12.8. The number of nitrogens with zero attached hydrogens (tertiary/aromatic N) is 1. The second-order valence-electron chi connectivity index (χ2n) is 6.86. The number of benzene rings is 2. The molecule has 1 aromatic heterocycles. The molecule has 3 aromatic rings. The van der Waals surface area contributed by atoms with Crippen molar-refractivity contribution in [3.05, 3.63) is 82.9 Å². The van der Waals surface area contributed by atoms with Crippen molar-refractivity contribution < 1.29 is 14.3 Å². The van der Waals surface area contributed by atoms with Crippen molar-refractivity contribution in [2.75, 3.05) is 20.2 Å². The summed E-state index contributed by atoms with van der Waals surface area (Å²) in [5, 5.41) is 5.53. The van der Waals surface area contributed by atoms with E-state index in [0.29, 0.717) is 36.4 Å². The van der Waals surface area contributed by atoms with Gasteiger partial charge in [-0.25, -0.2) is 4.98 Å². The summed E-state index contributed by atoms with van der Waals surface area (Å²) in [5.74, 6) is 0.0195. The van der Waals surface area contributed by atoms with Crippen LogP contribution in [0.15, 0.2) is 55.0 Å². The molecule has 0 bridgehead atoms. The monoisotopic (exact) mass is 390 g/mol. The van der Waals surface area contributed by atoms with Crippen molar-refractivity contribution >= 4 is 11.8 Å². The molecule has 0 aliphatic carbocycles. The molecule has 1 aliphatic rings. The van der Waals surface area contributed by atoms with Crippen molar-refractivity contribution in [3.63, 3.8) is 0 Å². The lowest BCUT2D eigenvalue weighted by Crippen LogP contribution is -2.27. The van der Waals surface area contributed by atoms with Gasteiger partial charge < -0.3 is 20.4 Å². The molecule has 4 rings (SSSR count). The third-order valence-corrected chi connectivity index (χ3v) is 5.04. The predicted molar refractivity (Wildman–Crippen MR) is 108 cm³/mol. The van der Waals surface area contributed by atoms with E-state index in [1.807, 2.05) is 36.4 Å². The number of ether oxygens (including phenoxy) is 1. The smallest absolute Gasteiger partial charge is 0.254 e. The molecule has 0 radical (unpaired) electrons. The molecule has 2 heterocycles. The number of hydrogen-bond donors (Lipinski definition) is 3. The number of aromatic amines is 1. The number of imidazole rings is 1. The maximum Gasteiger partial charge on any atom is 0.254 e. The SMILES string of the molecule is CNC(=O)c1cc(C(=O)NCCc2c[nH]cn2)cc2c1OC[C@@H]2c1ccccc1. The van der Waals surface area contributed by atoms with Crippen molar-refractivity contribution in [3.8, 4) is 5.75 Å². The van der Waals surface area contributed by atoms with Gasteiger partial charge in [-0.2, -0.15) is 0 Å². The van der Waals surface area contributed by atoms with Gasteiger partial charge in [0.15, 0.2) is 0 Å². The highest BCUT2D eigenvalue weighted by atomic mass is 16.5. The van der Waals surface area contributed by atoms with Gasteiger partial charge in [0.1, 0.15) is 5.75 Å². The number of H-pyrrole nitrogens is 1. The molecule has 3 N–H and O–H groups in total. The number of fused-ring (bicyclic) bond motifs is 1. The lowest BCUT2D eigenvalue weighted by Gasteiger charge is -2.13. The van der Waals surface area contributed by atoms with E-state index in [1.165, 1.54) is 0 Å². The Labute approximate surface area is 168 Å². The molecule has 29 heavy (non-hydrogen) atoms. The van der Waals surface area contributed by atoms with E-state index in [9.17, 15) is 9.59 Å². The number of amides is 2. The zero-order valence-electron chi connectivity index (χ0n) is 16.1. The van der Waals surface area contributed by atoms with Crippen LogP contribution < -0.4 is 15.4 Å². The molecule has 148 valence electrons. The molecule has 0 spiro atoms. The van der Waals surface area contributed by atoms with E-state index in [2.05, 4.69) is 20.6 Å². The molecular formula is C22H22N4O3. The quantitative estimate of drug-likeness (QED) is 0.602. The Morgan fingerprint density at radius 1 is 1.21 bits per heavy atom. The number of carbonyl (C=O) groups excluding carboxylic acids is 2. The van der Waals surface area contributed by atoms with Gasteiger partial charge in [-0.05, 0) is 17.7 Å². The van der Waals surface area contributed by atoms with Gasteiger partial charge in [-0.3, -0.25) is 9.59 Å². The summed E-state index contributed by atoms with van der Waals surface area (Å²) in [7, 11) is 1.56. The van der Waals surface area contributed by atoms with Gasteiger partial charge in [0, 0.05) is 43.3 Å². The summed E-state index contributed by atoms with van der Waals surface area (Å²) >= 11 is 0. The Morgan fingerprint density at radius 2 is 2.03 bits per heavy atom. The molecule has 2 aromatic carbocycles. The fourth-order valence-corrected chi connectivity index (χ4v) is 3.56. The molecule has 1 aliphatic heterocycles. The fraction of sp³-hybridized carbons (Fsp3) is 0.227.